The Morgan fingerprint density at radius 2 is 1.48 bits per heavy atom. The highest BCUT2D eigenvalue weighted by molar-refractivity contribution is 6.42. The summed E-state index contributed by atoms with van der Waals surface area (Å²) in [6, 6.07) is 18.3. The Morgan fingerprint density at radius 1 is 0.788 bits per heavy atom. The number of aromatic nitrogens is 1. The van der Waals surface area contributed by atoms with Gasteiger partial charge in [-0.3, -0.25) is 19.8 Å². The minimum absolute atomic E-state index is 0.0132. The van der Waals surface area contributed by atoms with E-state index in [1.54, 1.807) is 42.5 Å². The maximum atomic E-state index is 13.8. The summed E-state index contributed by atoms with van der Waals surface area (Å²) in [7, 11) is 0. The van der Waals surface area contributed by atoms with Crippen LogP contribution < -0.4 is 16.1 Å². The van der Waals surface area contributed by atoms with Gasteiger partial charge >= 0.3 is 11.8 Å². The largest absolute Gasteiger partial charge is 0.328 e. The van der Waals surface area contributed by atoms with E-state index >= 15 is 0 Å². The Labute approximate surface area is 197 Å². The van der Waals surface area contributed by atoms with E-state index in [9.17, 15) is 18.8 Å². The molecule has 0 atom stereocenters. The molecule has 0 aliphatic carbocycles. The first-order valence-corrected chi connectivity index (χ1v) is 10.3. The van der Waals surface area contributed by atoms with Gasteiger partial charge in [0.1, 0.15) is 11.5 Å². The summed E-state index contributed by atoms with van der Waals surface area (Å²) in [4.78, 5) is 37.9. The number of carbonyl (C=O) groups excluding carboxylic acids is 3. The van der Waals surface area contributed by atoms with Crippen molar-refractivity contribution in [1.82, 2.24) is 4.68 Å². The molecule has 4 rings (SSSR count). The van der Waals surface area contributed by atoms with Crippen LogP contribution in [0.25, 0.3) is 10.9 Å². The number of amides is 3. The van der Waals surface area contributed by atoms with Crippen LogP contribution in [0.1, 0.15) is 10.5 Å². The van der Waals surface area contributed by atoms with Crippen molar-refractivity contribution in [2.24, 2.45) is 0 Å². The summed E-state index contributed by atoms with van der Waals surface area (Å²) in [5, 5.41) is 6.15. The first-order valence-electron chi connectivity index (χ1n) is 9.57. The third-order valence-electron chi connectivity index (χ3n) is 4.66. The predicted octanol–water partition coefficient (Wildman–Crippen LogP) is 5.05. The van der Waals surface area contributed by atoms with Gasteiger partial charge in [0.05, 0.1) is 21.9 Å². The molecule has 0 saturated carbocycles. The van der Waals surface area contributed by atoms with Gasteiger partial charge < -0.3 is 10.6 Å². The van der Waals surface area contributed by atoms with E-state index in [0.29, 0.717) is 26.6 Å². The second-order valence-corrected chi connectivity index (χ2v) is 7.72. The van der Waals surface area contributed by atoms with Crippen LogP contribution in [0, 0.1) is 5.82 Å². The number of rotatable bonds is 4. The van der Waals surface area contributed by atoms with Crippen molar-refractivity contribution in [2.75, 3.05) is 16.1 Å². The summed E-state index contributed by atoms with van der Waals surface area (Å²) in [6.45, 7) is 0. The van der Waals surface area contributed by atoms with Crippen LogP contribution in [0.3, 0.4) is 0 Å². The number of nitrogens with zero attached hydrogens (tertiary/aromatic N) is 1. The molecule has 0 bridgehead atoms. The second kappa shape index (κ2) is 9.32. The molecule has 0 aliphatic heterocycles. The third-order valence-corrected chi connectivity index (χ3v) is 5.22. The van der Waals surface area contributed by atoms with E-state index in [-0.39, 0.29) is 11.4 Å². The average Bonchev–Trinajstić information content (AvgIpc) is 3.14. The summed E-state index contributed by atoms with van der Waals surface area (Å²) in [5.41, 5.74) is 3.02. The molecule has 0 aliphatic rings. The fraction of sp³-hybridized carbons (Fsp3) is 0. The molecule has 33 heavy (non-hydrogen) atoms. The van der Waals surface area contributed by atoms with E-state index in [0.717, 1.165) is 10.7 Å². The van der Waals surface area contributed by atoms with Crippen LogP contribution >= 0.6 is 23.2 Å². The van der Waals surface area contributed by atoms with Crippen molar-refractivity contribution in [3.05, 3.63) is 94.4 Å². The molecule has 3 N–H and O–H groups in total. The molecular formula is C23H15Cl2FN4O3. The van der Waals surface area contributed by atoms with Gasteiger partial charge in [0.2, 0.25) is 0 Å². The van der Waals surface area contributed by atoms with Gasteiger partial charge in [0, 0.05) is 10.4 Å². The summed E-state index contributed by atoms with van der Waals surface area (Å²) < 4.78 is 15.0. The van der Waals surface area contributed by atoms with Crippen LogP contribution in [0.15, 0.2) is 72.8 Å². The Bertz CT molecular complexity index is 1400. The Balaban J connectivity index is 1.65. The first kappa shape index (κ1) is 22.3. The molecule has 1 aromatic heterocycles. The van der Waals surface area contributed by atoms with Gasteiger partial charge in [-0.1, -0.05) is 47.5 Å². The zero-order valence-corrected chi connectivity index (χ0v) is 18.2. The summed E-state index contributed by atoms with van der Waals surface area (Å²) in [6.07, 6.45) is 0. The molecule has 0 fully saturated rings. The van der Waals surface area contributed by atoms with Crippen LogP contribution in [0.2, 0.25) is 10.0 Å². The van der Waals surface area contributed by atoms with Gasteiger partial charge in [-0.05, 0) is 48.5 Å². The number of hydrogen-bond acceptors (Lipinski definition) is 3. The summed E-state index contributed by atoms with van der Waals surface area (Å²) in [5.74, 6) is -3.52. The molecule has 0 saturated heterocycles. The van der Waals surface area contributed by atoms with Crippen molar-refractivity contribution in [3.63, 3.8) is 0 Å². The standard InChI is InChI=1S/C23H15Cl2FN4O3/c24-14-9-10-19-13(11-14)12-20(21(31)27-17-7-3-1-5-15(17)25)30(19)29-23(33)22(32)28-18-8-4-2-6-16(18)26/h1-12H,(H,27,31)(H,28,32)(H,29,33). The second-order valence-electron chi connectivity index (χ2n) is 6.88. The number of para-hydroxylation sites is 2. The molecule has 10 heteroatoms. The lowest BCUT2D eigenvalue weighted by Gasteiger charge is -2.13. The van der Waals surface area contributed by atoms with E-state index in [4.69, 9.17) is 23.2 Å². The monoisotopic (exact) mass is 484 g/mol. The van der Waals surface area contributed by atoms with Crippen molar-refractivity contribution >= 4 is 63.2 Å². The normalized spacial score (nSPS) is 10.6. The molecule has 0 radical (unpaired) electrons. The van der Waals surface area contributed by atoms with Gasteiger partial charge in [-0.25, -0.2) is 9.07 Å². The molecule has 1 heterocycles. The predicted molar refractivity (Wildman–Crippen MR) is 126 cm³/mol. The number of anilines is 2. The highest BCUT2D eigenvalue weighted by Crippen LogP contribution is 2.25. The Kier molecular flexibility index (Phi) is 6.30. The maximum Gasteiger partial charge on any atom is 0.328 e. The summed E-state index contributed by atoms with van der Waals surface area (Å²) >= 11 is 12.2. The van der Waals surface area contributed by atoms with E-state index in [1.165, 1.54) is 24.3 Å². The SMILES string of the molecule is O=C(Nc1ccccc1F)C(=O)Nn1c(C(=O)Nc2ccccc2Cl)cc2cc(Cl)ccc21. The molecule has 7 nitrogen and oxygen atoms in total. The average molecular weight is 485 g/mol. The lowest BCUT2D eigenvalue weighted by atomic mass is 10.2. The molecule has 0 spiro atoms. The van der Waals surface area contributed by atoms with Crippen LogP contribution in [-0.4, -0.2) is 22.4 Å². The van der Waals surface area contributed by atoms with E-state index < -0.39 is 23.5 Å². The Morgan fingerprint density at radius 3 is 2.21 bits per heavy atom. The number of nitrogens with one attached hydrogen (secondary N) is 3. The number of hydrogen-bond donors (Lipinski definition) is 3. The topological polar surface area (TPSA) is 92.2 Å². The van der Waals surface area contributed by atoms with E-state index in [1.807, 2.05) is 0 Å². The van der Waals surface area contributed by atoms with Gasteiger partial charge in [0.25, 0.3) is 5.91 Å². The van der Waals surface area contributed by atoms with Crippen molar-refractivity contribution in [1.29, 1.82) is 0 Å². The van der Waals surface area contributed by atoms with E-state index in [2.05, 4.69) is 16.1 Å². The molecule has 4 aromatic rings. The number of halogens is 3. The minimum atomic E-state index is -1.12. The molecular weight excluding hydrogens is 470 g/mol. The molecule has 3 aromatic carbocycles. The Hall–Kier alpha value is -3.88. The van der Waals surface area contributed by atoms with Crippen LogP contribution in [0.5, 0.6) is 0 Å². The minimum Gasteiger partial charge on any atom is -0.319 e. The first-order chi connectivity index (χ1) is 15.8. The zero-order valence-electron chi connectivity index (χ0n) is 16.7. The van der Waals surface area contributed by atoms with Crippen molar-refractivity contribution < 1.29 is 18.8 Å². The highest BCUT2D eigenvalue weighted by atomic mass is 35.5. The maximum absolute atomic E-state index is 13.8. The molecule has 166 valence electrons. The van der Waals surface area contributed by atoms with Crippen molar-refractivity contribution in [2.45, 2.75) is 0 Å². The quantitative estimate of drug-likeness (QED) is 0.354. The number of carbonyl (C=O) groups is 3. The lowest BCUT2D eigenvalue weighted by Crippen LogP contribution is -2.36. The zero-order chi connectivity index (χ0) is 23.5. The lowest BCUT2D eigenvalue weighted by molar-refractivity contribution is -0.133. The van der Waals surface area contributed by atoms with Crippen LogP contribution in [0.4, 0.5) is 15.8 Å². The van der Waals surface area contributed by atoms with Gasteiger partial charge in [-0.2, -0.15) is 0 Å². The van der Waals surface area contributed by atoms with Gasteiger partial charge in [0.15, 0.2) is 0 Å². The third kappa shape index (κ3) is 4.82. The smallest absolute Gasteiger partial charge is 0.319 e. The molecule has 0 unspecified atom stereocenters. The number of fused-ring (bicyclic) bond motifs is 1. The fourth-order valence-corrected chi connectivity index (χ4v) is 3.48. The number of benzene rings is 3. The van der Waals surface area contributed by atoms with Crippen LogP contribution in [-0.2, 0) is 9.59 Å². The fourth-order valence-electron chi connectivity index (χ4n) is 3.12. The van der Waals surface area contributed by atoms with Gasteiger partial charge in [-0.15, -0.1) is 0 Å². The molecule has 3 amide bonds. The highest BCUT2D eigenvalue weighted by Gasteiger charge is 2.22. The van der Waals surface area contributed by atoms with Crippen molar-refractivity contribution in [3.8, 4) is 0 Å².